The molecule has 1 aromatic carbocycles. The summed E-state index contributed by atoms with van der Waals surface area (Å²) in [4.78, 5) is 11.2. The van der Waals surface area contributed by atoms with E-state index in [2.05, 4.69) is 26.0 Å². The molecule has 1 aromatic rings. The second-order valence-corrected chi connectivity index (χ2v) is 6.74. The molecule has 0 bridgehead atoms. The Morgan fingerprint density at radius 1 is 1.40 bits per heavy atom. The van der Waals surface area contributed by atoms with Crippen LogP contribution in [0.4, 0.5) is 0 Å². The highest BCUT2D eigenvalue weighted by atomic mass is 16.4. The zero-order chi connectivity index (χ0) is 14.8. The third kappa shape index (κ3) is 3.40. The Balaban J connectivity index is 2.16. The maximum absolute atomic E-state index is 11.2. The number of hydrogen-bond acceptors (Lipinski definition) is 2. The minimum Gasteiger partial charge on any atom is -0.481 e. The van der Waals surface area contributed by atoms with Gasteiger partial charge in [-0.15, -0.1) is 0 Å². The molecule has 1 aliphatic carbocycles. The van der Waals surface area contributed by atoms with Gasteiger partial charge in [0.1, 0.15) is 0 Å². The fourth-order valence-electron chi connectivity index (χ4n) is 3.14. The fraction of sp³-hybridized carbons (Fsp3) is 0.588. The Kier molecular flexibility index (Phi) is 4.48. The Morgan fingerprint density at radius 3 is 2.60 bits per heavy atom. The van der Waals surface area contributed by atoms with E-state index < -0.39 is 11.9 Å². The summed E-state index contributed by atoms with van der Waals surface area (Å²) >= 11 is 0. The molecule has 0 saturated heterocycles. The third-order valence-electron chi connectivity index (χ3n) is 4.66. The lowest BCUT2D eigenvalue weighted by Crippen LogP contribution is -2.22. The average molecular weight is 275 g/mol. The number of hydrogen-bond donors (Lipinski definition) is 2. The second kappa shape index (κ2) is 5.96. The largest absolute Gasteiger partial charge is 0.481 e. The smallest absolute Gasteiger partial charge is 0.312 e. The molecule has 1 aliphatic rings. The van der Waals surface area contributed by atoms with E-state index in [9.17, 15) is 9.90 Å². The Hall–Kier alpha value is -1.35. The van der Waals surface area contributed by atoms with E-state index in [4.69, 9.17) is 5.73 Å². The topological polar surface area (TPSA) is 63.3 Å². The van der Waals surface area contributed by atoms with Crippen LogP contribution >= 0.6 is 0 Å². The van der Waals surface area contributed by atoms with E-state index in [0.717, 1.165) is 5.56 Å². The van der Waals surface area contributed by atoms with Gasteiger partial charge in [0, 0.05) is 6.54 Å². The van der Waals surface area contributed by atoms with Crippen LogP contribution in [0.1, 0.15) is 62.5 Å². The lowest BCUT2D eigenvalue weighted by molar-refractivity contribution is -0.138. The molecular weight excluding hydrogens is 250 g/mol. The maximum atomic E-state index is 11.2. The Morgan fingerprint density at radius 2 is 2.05 bits per heavy atom. The zero-order valence-corrected chi connectivity index (χ0v) is 12.4. The molecule has 3 heteroatoms. The maximum Gasteiger partial charge on any atom is 0.312 e. The lowest BCUT2D eigenvalue weighted by atomic mass is 9.71. The standard InChI is InChI=1S/C17H25NO2/c1-17(2)8-6-12(7-9-17)13-4-3-5-14(10-13)15(11-18)16(19)20/h3-5,10,12,15H,6-9,11,18H2,1-2H3,(H,19,20). The molecule has 110 valence electrons. The summed E-state index contributed by atoms with van der Waals surface area (Å²) in [6, 6.07) is 8.02. The zero-order valence-electron chi connectivity index (χ0n) is 12.4. The highest BCUT2D eigenvalue weighted by Crippen LogP contribution is 2.42. The molecule has 0 aromatic heterocycles. The molecule has 3 nitrogen and oxygen atoms in total. The van der Waals surface area contributed by atoms with E-state index in [1.54, 1.807) is 0 Å². The first-order valence-electron chi connectivity index (χ1n) is 7.46. The summed E-state index contributed by atoms with van der Waals surface area (Å²) in [5.41, 5.74) is 8.15. The van der Waals surface area contributed by atoms with Gasteiger partial charge in [-0.1, -0.05) is 38.1 Å². The first kappa shape index (κ1) is 15.0. The van der Waals surface area contributed by atoms with E-state index in [-0.39, 0.29) is 6.54 Å². The number of carboxylic acid groups (broad SMARTS) is 1. The molecule has 0 spiro atoms. The van der Waals surface area contributed by atoms with Gasteiger partial charge in [0.15, 0.2) is 0 Å². The van der Waals surface area contributed by atoms with Crippen molar-refractivity contribution in [3.63, 3.8) is 0 Å². The first-order valence-corrected chi connectivity index (χ1v) is 7.46. The summed E-state index contributed by atoms with van der Waals surface area (Å²) < 4.78 is 0. The highest BCUT2D eigenvalue weighted by Gasteiger charge is 2.28. The number of rotatable bonds is 4. The molecule has 1 fully saturated rings. The predicted octanol–water partition coefficient (Wildman–Crippen LogP) is 3.50. The van der Waals surface area contributed by atoms with Crippen LogP contribution in [0.3, 0.4) is 0 Å². The van der Waals surface area contributed by atoms with E-state index in [1.807, 2.05) is 12.1 Å². The number of carbonyl (C=O) groups is 1. The first-order chi connectivity index (χ1) is 9.43. The van der Waals surface area contributed by atoms with Gasteiger partial charge in [0.05, 0.1) is 5.92 Å². The monoisotopic (exact) mass is 275 g/mol. The van der Waals surface area contributed by atoms with Gasteiger partial charge < -0.3 is 10.8 Å². The molecule has 0 radical (unpaired) electrons. The van der Waals surface area contributed by atoms with Crippen LogP contribution < -0.4 is 5.73 Å². The van der Waals surface area contributed by atoms with Gasteiger partial charge >= 0.3 is 5.97 Å². The van der Waals surface area contributed by atoms with Gasteiger partial charge in [-0.3, -0.25) is 4.79 Å². The van der Waals surface area contributed by atoms with Crippen molar-refractivity contribution in [2.45, 2.75) is 51.4 Å². The van der Waals surface area contributed by atoms with Crippen molar-refractivity contribution in [3.8, 4) is 0 Å². The van der Waals surface area contributed by atoms with Crippen molar-refractivity contribution in [3.05, 3.63) is 35.4 Å². The fourth-order valence-corrected chi connectivity index (χ4v) is 3.14. The van der Waals surface area contributed by atoms with Crippen LogP contribution in [0.15, 0.2) is 24.3 Å². The normalized spacial score (nSPS) is 20.6. The minimum atomic E-state index is -0.838. The van der Waals surface area contributed by atoms with Crippen LogP contribution in [-0.2, 0) is 4.79 Å². The molecule has 1 unspecified atom stereocenters. The summed E-state index contributed by atoms with van der Waals surface area (Å²) in [5.74, 6) is -0.861. The quantitative estimate of drug-likeness (QED) is 0.884. The van der Waals surface area contributed by atoms with E-state index in [0.29, 0.717) is 11.3 Å². The van der Waals surface area contributed by atoms with Crippen molar-refractivity contribution in [2.75, 3.05) is 6.54 Å². The van der Waals surface area contributed by atoms with Crippen LogP contribution in [0, 0.1) is 5.41 Å². The predicted molar refractivity (Wildman–Crippen MR) is 80.9 cm³/mol. The van der Waals surface area contributed by atoms with Gasteiger partial charge in [0.25, 0.3) is 0 Å². The summed E-state index contributed by atoms with van der Waals surface area (Å²) in [6.07, 6.45) is 4.86. The molecule has 20 heavy (non-hydrogen) atoms. The van der Waals surface area contributed by atoms with E-state index in [1.165, 1.54) is 31.2 Å². The van der Waals surface area contributed by atoms with Crippen LogP contribution in [0.5, 0.6) is 0 Å². The molecule has 0 amide bonds. The molecule has 0 heterocycles. The average Bonchev–Trinajstić information content (AvgIpc) is 2.39. The van der Waals surface area contributed by atoms with Crippen LogP contribution in [0.25, 0.3) is 0 Å². The lowest BCUT2D eigenvalue weighted by Gasteiger charge is -2.34. The summed E-state index contributed by atoms with van der Waals surface area (Å²) in [5, 5.41) is 9.22. The number of carboxylic acids is 1. The van der Waals surface area contributed by atoms with E-state index >= 15 is 0 Å². The summed E-state index contributed by atoms with van der Waals surface area (Å²) in [7, 11) is 0. The highest BCUT2D eigenvalue weighted by molar-refractivity contribution is 5.76. The van der Waals surface area contributed by atoms with Gasteiger partial charge in [-0.05, 0) is 48.1 Å². The number of benzene rings is 1. The van der Waals surface area contributed by atoms with Crippen LogP contribution in [0.2, 0.25) is 0 Å². The Bertz CT molecular complexity index is 472. The third-order valence-corrected chi connectivity index (χ3v) is 4.66. The molecule has 2 rings (SSSR count). The van der Waals surface area contributed by atoms with Crippen molar-refractivity contribution in [1.82, 2.24) is 0 Å². The van der Waals surface area contributed by atoms with Crippen molar-refractivity contribution < 1.29 is 9.90 Å². The Labute approximate surface area is 121 Å². The van der Waals surface area contributed by atoms with Gasteiger partial charge in [-0.2, -0.15) is 0 Å². The molecule has 0 aliphatic heterocycles. The molecule has 1 saturated carbocycles. The van der Waals surface area contributed by atoms with Crippen molar-refractivity contribution in [2.24, 2.45) is 11.1 Å². The van der Waals surface area contributed by atoms with Crippen LogP contribution in [-0.4, -0.2) is 17.6 Å². The van der Waals surface area contributed by atoms with Crippen molar-refractivity contribution in [1.29, 1.82) is 0 Å². The minimum absolute atomic E-state index is 0.149. The number of nitrogens with two attached hydrogens (primary N) is 1. The molecule has 3 N–H and O–H groups in total. The number of aliphatic carboxylic acids is 1. The summed E-state index contributed by atoms with van der Waals surface area (Å²) in [6.45, 7) is 4.81. The van der Waals surface area contributed by atoms with Gasteiger partial charge in [0.2, 0.25) is 0 Å². The van der Waals surface area contributed by atoms with Gasteiger partial charge in [-0.25, -0.2) is 0 Å². The molecular formula is C17H25NO2. The molecule has 1 atom stereocenters. The second-order valence-electron chi connectivity index (χ2n) is 6.74. The SMILES string of the molecule is CC1(C)CCC(c2cccc(C(CN)C(=O)O)c2)CC1. The van der Waals surface area contributed by atoms with Crippen molar-refractivity contribution >= 4 is 5.97 Å².